The highest BCUT2D eigenvalue weighted by molar-refractivity contribution is 5.56. The van der Waals surface area contributed by atoms with Crippen molar-refractivity contribution in [1.29, 1.82) is 0 Å². The lowest BCUT2D eigenvalue weighted by Crippen LogP contribution is -2.48. The number of hydrogen-bond acceptors (Lipinski definition) is 6. The first-order chi connectivity index (χ1) is 15.8. The van der Waals surface area contributed by atoms with E-state index < -0.39 is 12.0 Å². The first kappa shape index (κ1) is 22.1. The minimum absolute atomic E-state index is 0.00977. The Balaban J connectivity index is 1.47. The number of hydrogen-bond donors (Lipinski definition) is 2. The van der Waals surface area contributed by atoms with Crippen LogP contribution in [0, 0.1) is 0 Å². The van der Waals surface area contributed by atoms with Crippen LogP contribution in [0.5, 0.6) is 5.75 Å². The normalized spacial score (nSPS) is 27.5. The van der Waals surface area contributed by atoms with Gasteiger partial charge in [-0.1, -0.05) is 30.3 Å². The third kappa shape index (κ3) is 4.53. The topological polar surface area (TPSA) is 49.0 Å². The molecular formula is C24H27F3N4O2. The Hall–Kier alpha value is -2.75. The van der Waals surface area contributed by atoms with Gasteiger partial charge in [0.15, 0.2) is 0 Å². The Bertz CT molecular complexity index is 1020. The van der Waals surface area contributed by atoms with Gasteiger partial charge >= 0.3 is 6.36 Å². The number of benzene rings is 2. The molecular weight excluding hydrogens is 433 g/mol. The molecule has 3 atom stereocenters. The molecule has 6 nitrogen and oxygen atoms in total. The molecule has 3 aliphatic rings. The van der Waals surface area contributed by atoms with Crippen molar-refractivity contribution >= 4 is 5.69 Å². The van der Waals surface area contributed by atoms with E-state index in [0.717, 1.165) is 30.6 Å². The summed E-state index contributed by atoms with van der Waals surface area (Å²) in [6, 6.07) is 14.9. The molecule has 0 radical (unpaired) electrons. The van der Waals surface area contributed by atoms with Crippen LogP contribution < -0.4 is 20.6 Å². The zero-order valence-corrected chi connectivity index (χ0v) is 18.3. The summed E-state index contributed by atoms with van der Waals surface area (Å²) in [6.07, 6.45) is 1.29. The molecule has 2 aromatic rings. The summed E-state index contributed by atoms with van der Waals surface area (Å²) >= 11 is 0. The maximum Gasteiger partial charge on any atom is 0.573 e. The molecule has 2 saturated heterocycles. The van der Waals surface area contributed by atoms with Crippen molar-refractivity contribution in [3.05, 3.63) is 72.1 Å². The molecule has 2 N–H and O–H groups in total. The Labute approximate surface area is 190 Å². The van der Waals surface area contributed by atoms with E-state index in [0.29, 0.717) is 18.6 Å². The maximum atomic E-state index is 13.2. The Morgan fingerprint density at radius 1 is 1.12 bits per heavy atom. The van der Waals surface area contributed by atoms with E-state index in [9.17, 15) is 13.2 Å². The van der Waals surface area contributed by atoms with Crippen molar-refractivity contribution in [3.63, 3.8) is 0 Å². The predicted octanol–water partition coefficient (Wildman–Crippen LogP) is 4.60. The van der Waals surface area contributed by atoms with Gasteiger partial charge in [-0.15, -0.1) is 18.7 Å². The van der Waals surface area contributed by atoms with Crippen LogP contribution in [0.1, 0.15) is 42.3 Å². The average Bonchev–Trinajstić information content (AvgIpc) is 3.41. The van der Waals surface area contributed by atoms with Crippen LogP contribution in [0.4, 0.5) is 18.9 Å². The van der Waals surface area contributed by atoms with Crippen molar-refractivity contribution in [3.8, 4) is 5.75 Å². The third-order valence-electron chi connectivity index (χ3n) is 6.59. The van der Waals surface area contributed by atoms with Gasteiger partial charge in [0.2, 0.25) is 0 Å². The second kappa shape index (κ2) is 8.55. The number of piperidine rings is 1. The van der Waals surface area contributed by atoms with Crippen LogP contribution in [-0.2, 0) is 4.74 Å². The van der Waals surface area contributed by atoms with E-state index in [1.807, 2.05) is 37.6 Å². The molecule has 9 heteroatoms. The predicted molar refractivity (Wildman–Crippen MR) is 118 cm³/mol. The Morgan fingerprint density at radius 2 is 1.94 bits per heavy atom. The van der Waals surface area contributed by atoms with Crippen molar-refractivity contribution in [1.82, 2.24) is 15.9 Å². The largest absolute Gasteiger partial charge is 0.573 e. The van der Waals surface area contributed by atoms with Gasteiger partial charge in [-0.2, -0.15) is 0 Å². The first-order valence-electron chi connectivity index (χ1n) is 11.1. The first-order valence-corrected chi connectivity index (χ1v) is 11.1. The van der Waals surface area contributed by atoms with Crippen LogP contribution in [0.3, 0.4) is 0 Å². The number of nitrogens with zero attached hydrogens (tertiary/aromatic N) is 2. The minimum atomic E-state index is -4.77. The number of alkyl halides is 3. The fraction of sp³-hybridized carbons (Fsp3) is 0.417. The summed E-state index contributed by atoms with van der Waals surface area (Å²) in [6.45, 7) is 1.22. The zero-order chi connectivity index (χ0) is 23.1. The van der Waals surface area contributed by atoms with Crippen molar-refractivity contribution in [2.45, 2.75) is 43.2 Å². The number of nitrogens with one attached hydrogen (secondary N) is 2. The van der Waals surface area contributed by atoms with Crippen LogP contribution in [0.25, 0.3) is 0 Å². The Kier molecular flexibility index (Phi) is 5.72. The minimum Gasteiger partial charge on any atom is -0.405 e. The summed E-state index contributed by atoms with van der Waals surface area (Å²) in [5, 5.41) is 7.09. The molecule has 3 aliphatic heterocycles. The van der Waals surface area contributed by atoms with Crippen molar-refractivity contribution in [2.24, 2.45) is 0 Å². The molecule has 33 heavy (non-hydrogen) atoms. The molecule has 5 rings (SSSR count). The number of rotatable bonds is 4. The van der Waals surface area contributed by atoms with Gasteiger partial charge in [0.05, 0.1) is 23.9 Å². The third-order valence-corrected chi connectivity index (χ3v) is 6.59. The van der Waals surface area contributed by atoms with Gasteiger partial charge in [0.1, 0.15) is 5.75 Å². The van der Waals surface area contributed by atoms with E-state index in [1.165, 1.54) is 6.07 Å². The highest BCUT2D eigenvalue weighted by Gasteiger charge is 2.49. The summed E-state index contributed by atoms with van der Waals surface area (Å²) in [4.78, 5) is 0. The fourth-order valence-corrected chi connectivity index (χ4v) is 5.18. The van der Waals surface area contributed by atoms with Crippen LogP contribution in [-0.4, -0.2) is 37.2 Å². The number of halogens is 3. The number of ether oxygens (including phenoxy) is 2. The van der Waals surface area contributed by atoms with Crippen molar-refractivity contribution in [2.75, 3.05) is 25.2 Å². The lowest BCUT2D eigenvalue weighted by molar-refractivity contribution is -0.275. The summed E-state index contributed by atoms with van der Waals surface area (Å²) < 4.78 is 50.4. The summed E-state index contributed by atoms with van der Waals surface area (Å²) in [7, 11) is 1.84. The molecule has 2 aromatic carbocycles. The molecule has 0 aromatic heterocycles. The quantitative estimate of drug-likeness (QED) is 0.696. The highest BCUT2D eigenvalue weighted by atomic mass is 19.4. The smallest absolute Gasteiger partial charge is 0.405 e. The highest BCUT2D eigenvalue weighted by Crippen LogP contribution is 2.50. The molecule has 0 aliphatic carbocycles. The molecule has 0 amide bonds. The van der Waals surface area contributed by atoms with Gasteiger partial charge in [-0.25, -0.2) is 0 Å². The van der Waals surface area contributed by atoms with Gasteiger partial charge in [0, 0.05) is 30.9 Å². The zero-order valence-electron chi connectivity index (χ0n) is 18.3. The molecule has 176 valence electrons. The summed E-state index contributed by atoms with van der Waals surface area (Å²) in [5.74, 6) is -0.397. The van der Waals surface area contributed by atoms with Crippen LogP contribution in [0.2, 0.25) is 0 Å². The monoisotopic (exact) mass is 460 g/mol. The molecule has 0 bridgehead atoms. The van der Waals surface area contributed by atoms with Crippen LogP contribution >= 0.6 is 0 Å². The van der Waals surface area contributed by atoms with Gasteiger partial charge in [0.25, 0.3) is 0 Å². The van der Waals surface area contributed by atoms with E-state index in [4.69, 9.17) is 4.74 Å². The van der Waals surface area contributed by atoms with Gasteiger partial charge < -0.3 is 14.8 Å². The van der Waals surface area contributed by atoms with E-state index >= 15 is 0 Å². The molecule has 1 spiro atoms. The average molecular weight is 461 g/mol. The Morgan fingerprint density at radius 3 is 2.67 bits per heavy atom. The molecule has 0 saturated carbocycles. The second-order valence-corrected chi connectivity index (χ2v) is 8.83. The van der Waals surface area contributed by atoms with Crippen LogP contribution in [0.15, 0.2) is 60.9 Å². The molecule has 2 fully saturated rings. The van der Waals surface area contributed by atoms with E-state index in [2.05, 4.69) is 27.7 Å². The standard InChI is InChI=1S/C24H27F3N4O2/c1-30-12-13-31(29-30)19-8-9-21(33-24(25,26)27)20(14-19)18-15-23(32-16-18)10-5-11-28-22(23)17-6-3-2-4-7-17/h2-4,6-9,12-14,18,22,28-29H,5,10-11,15-16H2,1H3/t18-,22+,23-/m1/s1. The lowest BCUT2D eigenvalue weighted by Gasteiger charge is -2.41. The second-order valence-electron chi connectivity index (χ2n) is 8.83. The fourth-order valence-electron chi connectivity index (χ4n) is 5.18. The van der Waals surface area contributed by atoms with E-state index in [1.54, 1.807) is 22.2 Å². The van der Waals surface area contributed by atoms with E-state index in [-0.39, 0.29) is 17.7 Å². The number of hydrazine groups is 2. The van der Waals surface area contributed by atoms with Crippen molar-refractivity contribution < 1.29 is 22.6 Å². The maximum absolute atomic E-state index is 13.2. The summed E-state index contributed by atoms with van der Waals surface area (Å²) in [5.41, 5.74) is 4.98. The number of anilines is 1. The van der Waals surface area contributed by atoms with Gasteiger partial charge in [-0.05, 0) is 49.6 Å². The lowest BCUT2D eigenvalue weighted by atomic mass is 9.77. The molecule has 0 unspecified atom stereocenters. The van der Waals surface area contributed by atoms with Gasteiger partial charge in [-0.3, -0.25) is 10.0 Å². The SMILES string of the molecule is CN1C=CN(c2ccc(OC(F)(F)F)c([C@H]3CO[C@]4(CCCN[C@H]4c4ccccc4)C3)c2)N1. The molecule has 3 heterocycles.